The Labute approximate surface area is 304 Å². The molecule has 2 atom stereocenters. The van der Waals surface area contributed by atoms with Crippen molar-refractivity contribution in [3.05, 3.63) is 83.6 Å². The molecule has 0 bridgehead atoms. The van der Waals surface area contributed by atoms with Gasteiger partial charge in [0.05, 0.1) is 34.4 Å². The molecule has 0 aliphatic rings. The van der Waals surface area contributed by atoms with Crippen LogP contribution >= 0.6 is 34.0 Å². The molecule has 49 heavy (non-hydrogen) atoms. The largest absolute Gasteiger partial charge is 0.493 e. The quantitative estimate of drug-likeness (QED) is 0.0891. The summed E-state index contributed by atoms with van der Waals surface area (Å²) in [5.74, 6) is 2.97. The van der Waals surface area contributed by atoms with Gasteiger partial charge in [0.1, 0.15) is 22.5 Å². The van der Waals surface area contributed by atoms with E-state index in [0.717, 1.165) is 71.1 Å². The summed E-state index contributed by atoms with van der Waals surface area (Å²) in [6.45, 7) is 10.5. The number of thiophene rings is 3. The third-order valence-corrected chi connectivity index (χ3v) is 12.6. The zero-order valence-corrected chi connectivity index (χ0v) is 31.7. The average Bonchev–Trinajstić information content (AvgIpc) is 3.94. The van der Waals surface area contributed by atoms with Gasteiger partial charge in [0.2, 0.25) is 0 Å². The Morgan fingerprint density at radius 2 is 1.00 bits per heavy atom. The van der Waals surface area contributed by atoms with Crippen molar-refractivity contribution >= 4 is 45.0 Å². The van der Waals surface area contributed by atoms with Gasteiger partial charge in [0, 0.05) is 20.9 Å². The van der Waals surface area contributed by atoms with Gasteiger partial charge in [-0.15, -0.1) is 34.0 Å². The van der Waals surface area contributed by atoms with Crippen LogP contribution in [0.1, 0.15) is 79.1 Å². The van der Waals surface area contributed by atoms with E-state index in [1.807, 2.05) is 0 Å². The monoisotopic (exact) mass is 708 g/mol. The topological polar surface area (TPSA) is 44.2 Å². The van der Waals surface area contributed by atoms with Gasteiger partial charge >= 0.3 is 0 Å². The van der Waals surface area contributed by atoms with E-state index in [4.69, 9.17) is 19.4 Å². The first-order valence-corrected chi connectivity index (χ1v) is 20.6. The molecule has 0 saturated carbocycles. The van der Waals surface area contributed by atoms with Gasteiger partial charge in [-0.3, -0.25) is 0 Å². The Bertz CT molecular complexity index is 1720. The molecule has 0 spiro atoms. The van der Waals surface area contributed by atoms with Crippen LogP contribution in [0.15, 0.2) is 83.6 Å². The molecule has 2 aromatic carbocycles. The second kappa shape index (κ2) is 17.4. The van der Waals surface area contributed by atoms with E-state index >= 15 is 0 Å². The molecule has 0 aliphatic carbocycles. The number of ether oxygens (including phenoxy) is 2. The molecule has 4 nitrogen and oxygen atoms in total. The first kappa shape index (κ1) is 35.3. The highest BCUT2D eigenvalue weighted by atomic mass is 32.1. The number of unbranched alkanes of at least 4 members (excludes halogenated alkanes) is 2. The fraction of sp³-hybridized carbons (Fsp3) is 0.381. The fourth-order valence-electron chi connectivity index (χ4n) is 6.15. The molecule has 6 rings (SSSR count). The zero-order chi connectivity index (χ0) is 34.0. The van der Waals surface area contributed by atoms with Crippen LogP contribution in [0.3, 0.4) is 0 Å². The van der Waals surface area contributed by atoms with E-state index in [2.05, 4.69) is 111 Å². The highest BCUT2D eigenvalue weighted by molar-refractivity contribution is 7.27. The Morgan fingerprint density at radius 1 is 0.571 bits per heavy atom. The molecule has 0 saturated heterocycles. The van der Waals surface area contributed by atoms with Gasteiger partial charge in [-0.25, -0.2) is 9.97 Å². The molecule has 0 radical (unpaired) electrons. The van der Waals surface area contributed by atoms with Crippen molar-refractivity contribution in [3.8, 4) is 53.5 Å². The van der Waals surface area contributed by atoms with Crippen molar-refractivity contribution < 1.29 is 9.47 Å². The smallest absolute Gasteiger partial charge is 0.119 e. The lowest BCUT2D eigenvalue weighted by atomic mass is 10.0. The molecular weight excluding hydrogens is 661 g/mol. The van der Waals surface area contributed by atoms with Crippen LogP contribution in [0.2, 0.25) is 0 Å². The van der Waals surface area contributed by atoms with E-state index in [0.29, 0.717) is 11.8 Å². The van der Waals surface area contributed by atoms with Crippen molar-refractivity contribution in [3.63, 3.8) is 0 Å². The molecule has 4 aromatic heterocycles. The minimum absolute atomic E-state index is 0.586. The molecule has 0 aliphatic heterocycles. The first-order valence-electron chi connectivity index (χ1n) is 18.0. The maximum atomic E-state index is 6.28. The van der Waals surface area contributed by atoms with E-state index in [1.165, 1.54) is 58.0 Å². The van der Waals surface area contributed by atoms with E-state index in [9.17, 15) is 0 Å². The van der Waals surface area contributed by atoms with Gasteiger partial charge in [-0.1, -0.05) is 78.4 Å². The minimum atomic E-state index is 0.586. The summed E-state index contributed by atoms with van der Waals surface area (Å²) in [6, 6.07) is 25.5. The third kappa shape index (κ3) is 8.62. The molecule has 0 amide bonds. The van der Waals surface area contributed by atoms with Gasteiger partial charge in [-0.05, 0) is 96.1 Å². The van der Waals surface area contributed by atoms with Crippen LogP contribution in [0.4, 0.5) is 0 Å². The Hall–Kier alpha value is -3.52. The number of benzene rings is 2. The highest BCUT2D eigenvalue weighted by Gasteiger charge is 2.23. The second-order valence-electron chi connectivity index (χ2n) is 12.8. The van der Waals surface area contributed by atoms with Crippen LogP contribution in [0.5, 0.6) is 11.5 Å². The summed E-state index contributed by atoms with van der Waals surface area (Å²) in [4.78, 5) is 15.7. The summed E-state index contributed by atoms with van der Waals surface area (Å²) in [7, 11) is 0. The number of rotatable bonds is 18. The van der Waals surface area contributed by atoms with Crippen LogP contribution in [-0.2, 0) is 0 Å². The lowest BCUT2D eigenvalue weighted by molar-refractivity contribution is 0.233. The highest BCUT2D eigenvalue weighted by Crippen LogP contribution is 2.47. The van der Waals surface area contributed by atoms with Crippen molar-refractivity contribution in [2.45, 2.75) is 79.1 Å². The summed E-state index contributed by atoms with van der Waals surface area (Å²) in [6.07, 6.45) is 9.65. The summed E-state index contributed by atoms with van der Waals surface area (Å²) in [5.41, 5.74) is 5.71. The van der Waals surface area contributed by atoms with E-state index in [1.54, 1.807) is 34.0 Å². The molecular formula is C42H48N2O2S3. The van der Waals surface area contributed by atoms with Crippen LogP contribution in [0, 0.1) is 11.8 Å². The predicted molar refractivity (Wildman–Crippen MR) is 213 cm³/mol. The van der Waals surface area contributed by atoms with Crippen molar-refractivity contribution in [1.82, 2.24) is 9.97 Å². The van der Waals surface area contributed by atoms with Crippen molar-refractivity contribution in [2.24, 2.45) is 11.8 Å². The fourth-order valence-corrected chi connectivity index (χ4v) is 9.03. The normalized spacial score (nSPS) is 12.7. The van der Waals surface area contributed by atoms with E-state index < -0.39 is 0 Å². The Balaban J connectivity index is 1.38. The van der Waals surface area contributed by atoms with Crippen LogP contribution in [-0.4, -0.2) is 23.2 Å². The number of hydrogen-bond donors (Lipinski definition) is 0. The number of fused-ring (bicyclic) bond motifs is 1. The van der Waals surface area contributed by atoms with Crippen molar-refractivity contribution in [2.75, 3.05) is 13.2 Å². The average molecular weight is 709 g/mol. The Morgan fingerprint density at radius 3 is 1.35 bits per heavy atom. The molecule has 0 N–H and O–H groups in total. The third-order valence-electron chi connectivity index (χ3n) is 9.33. The van der Waals surface area contributed by atoms with E-state index in [-0.39, 0.29) is 0 Å². The lowest BCUT2D eigenvalue weighted by Gasteiger charge is -2.16. The van der Waals surface area contributed by atoms with Gasteiger partial charge < -0.3 is 9.47 Å². The predicted octanol–water partition coefficient (Wildman–Crippen LogP) is 13.7. The Kier molecular flexibility index (Phi) is 12.6. The summed E-state index contributed by atoms with van der Waals surface area (Å²) in [5, 5.41) is 4.27. The molecule has 7 heteroatoms. The molecule has 0 fully saturated rings. The summed E-state index contributed by atoms with van der Waals surface area (Å²) >= 11 is 5.29. The number of nitrogens with zero attached hydrogens (tertiary/aromatic N) is 2. The maximum Gasteiger partial charge on any atom is 0.119 e. The van der Waals surface area contributed by atoms with Crippen molar-refractivity contribution in [1.29, 1.82) is 0 Å². The minimum Gasteiger partial charge on any atom is -0.493 e. The van der Waals surface area contributed by atoms with Gasteiger partial charge in [0.15, 0.2) is 0 Å². The molecule has 4 heterocycles. The number of hydrogen-bond acceptors (Lipinski definition) is 7. The van der Waals surface area contributed by atoms with Gasteiger partial charge in [-0.2, -0.15) is 0 Å². The second-order valence-corrected chi connectivity index (χ2v) is 15.8. The standard InChI is InChI=1S/C42H48N2O2S3/c1-5-9-13-29(7-3)27-45-33-21-17-31(18-22-33)37-38(32-19-23-34(24-20-32)46-28-30(8-4)14-10-6-2)44-40-39(43-37)41(35-15-11-25-47-35)49-42(40)36-16-12-26-48-36/h11-12,15-26,29-30H,5-10,13-14,27-28H2,1-4H3. The first-order chi connectivity index (χ1) is 24.1. The summed E-state index contributed by atoms with van der Waals surface area (Å²) < 4.78 is 12.6. The molecule has 6 aromatic rings. The SMILES string of the molecule is CCCCC(CC)COc1ccc(-c2nc3c(-c4cccs4)sc(-c4cccs4)c3nc2-c2ccc(OCC(CC)CCCC)cc2)cc1. The lowest BCUT2D eigenvalue weighted by Crippen LogP contribution is -2.11. The molecule has 256 valence electrons. The zero-order valence-electron chi connectivity index (χ0n) is 29.2. The number of aromatic nitrogens is 2. The maximum absolute atomic E-state index is 6.28. The van der Waals surface area contributed by atoms with Gasteiger partial charge in [0.25, 0.3) is 0 Å². The molecule has 2 unspecified atom stereocenters. The van der Waals surface area contributed by atoms with Crippen LogP contribution in [0.25, 0.3) is 53.1 Å². The van der Waals surface area contributed by atoms with Crippen LogP contribution < -0.4 is 9.47 Å².